The van der Waals surface area contributed by atoms with Gasteiger partial charge in [0.05, 0.1) is 12.7 Å². The molecule has 1 spiro atoms. The Kier molecular flexibility index (Phi) is 3.65. The molecule has 1 saturated carbocycles. The zero-order valence-corrected chi connectivity index (χ0v) is 15.0. The lowest BCUT2D eigenvalue weighted by Crippen LogP contribution is -2.42. The Balaban J connectivity index is 1.30. The van der Waals surface area contributed by atoms with E-state index in [0.29, 0.717) is 11.8 Å². The number of carbonyl (C=O) groups is 1. The van der Waals surface area contributed by atoms with Gasteiger partial charge in [-0.25, -0.2) is 0 Å². The highest BCUT2D eigenvalue weighted by atomic mass is 16.3. The van der Waals surface area contributed by atoms with Gasteiger partial charge in [-0.15, -0.1) is 0 Å². The predicted molar refractivity (Wildman–Crippen MR) is 98.7 cm³/mol. The van der Waals surface area contributed by atoms with Crippen LogP contribution in [0.25, 0.3) is 11.0 Å². The van der Waals surface area contributed by atoms with Crippen LogP contribution in [0.4, 0.5) is 0 Å². The van der Waals surface area contributed by atoms with E-state index < -0.39 is 0 Å². The van der Waals surface area contributed by atoms with Gasteiger partial charge < -0.3 is 9.32 Å². The molecule has 2 aromatic rings. The van der Waals surface area contributed by atoms with Crippen molar-refractivity contribution < 1.29 is 9.21 Å². The fraction of sp³-hybridized carbons (Fsp3) is 0.591. The maximum atomic E-state index is 12.8. The minimum Gasteiger partial charge on any atom is -0.464 e. The van der Waals surface area contributed by atoms with E-state index in [9.17, 15) is 4.79 Å². The SMILES string of the molecule is O=C(Cc1coc2cc3c(cc12)CCC3)N1CCC2(CCCC2)CC1. The molecule has 1 saturated heterocycles. The molecule has 0 atom stereocenters. The topological polar surface area (TPSA) is 33.5 Å². The van der Waals surface area contributed by atoms with Gasteiger partial charge in [-0.3, -0.25) is 4.79 Å². The van der Waals surface area contributed by atoms with Crippen molar-refractivity contribution in [1.82, 2.24) is 4.90 Å². The van der Waals surface area contributed by atoms with Crippen molar-refractivity contribution in [3.8, 4) is 0 Å². The third kappa shape index (κ3) is 2.68. The predicted octanol–water partition coefficient (Wildman–Crippen LogP) is 4.65. The lowest BCUT2D eigenvalue weighted by molar-refractivity contribution is -0.132. The fourth-order valence-electron chi connectivity index (χ4n) is 5.42. The van der Waals surface area contributed by atoms with Gasteiger partial charge in [0.1, 0.15) is 5.58 Å². The number of rotatable bonds is 2. The van der Waals surface area contributed by atoms with Crippen LogP contribution < -0.4 is 0 Å². The lowest BCUT2D eigenvalue weighted by atomic mass is 9.77. The number of aryl methyl sites for hydroxylation is 2. The molecule has 3 nitrogen and oxygen atoms in total. The quantitative estimate of drug-likeness (QED) is 0.799. The van der Waals surface area contributed by atoms with Crippen molar-refractivity contribution in [1.29, 1.82) is 0 Å². The van der Waals surface area contributed by atoms with E-state index in [0.717, 1.165) is 42.5 Å². The second-order valence-electron chi connectivity index (χ2n) is 8.50. The normalized spacial score (nSPS) is 22.0. The number of hydrogen-bond donors (Lipinski definition) is 0. The summed E-state index contributed by atoms with van der Waals surface area (Å²) in [5.41, 5.74) is 5.46. The Hall–Kier alpha value is -1.77. The third-order valence-electron chi connectivity index (χ3n) is 7.05. The Bertz CT molecular complexity index is 803. The van der Waals surface area contributed by atoms with Gasteiger partial charge in [-0.05, 0) is 73.6 Å². The summed E-state index contributed by atoms with van der Waals surface area (Å²) in [7, 11) is 0. The molecule has 5 rings (SSSR count). The van der Waals surface area contributed by atoms with Crippen molar-refractivity contribution in [2.24, 2.45) is 5.41 Å². The first-order valence-electron chi connectivity index (χ1n) is 10.0. The number of piperidine rings is 1. The lowest BCUT2D eigenvalue weighted by Gasteiger charge is -2.39. The highest BCUT2D eigenvalue weighted by Gasteiger charge is 2.37. The molecule has 3 heteroatoms. The number of furan rings is 1. The maximum absolute atomic E-state index is 12.8. The number of benzene rings is 1. The summed E-state index contributed by atoms with van der Waals surface area (Å²) < 4.78 is 5.77. The second kappa shape index (κ2) is 5.89. The van der Waals surface area contributed by atoms with Gasteiger partial charge in [-0.1, -0.05) is 12.8 Å². The summed E-state index contributed by atoms with van der Waals surface area (Å²) in [5, 5.41) is 1.15. The minimum atomic E-state index is 0.274. The Morgan fingerprint density at radius 2 is 1.72 bits per heavy atom. The smallest absolute Gasteiger partial charge is 0.227 e. The van der Waals surface area contributed by atoms with Crippen LogP contribution in [0.3, 0.4) is 0 Å². The third-order valence-corrected chi connectivity index (χ3v) is 7.05. The fourth-order valence-corrected chi connectivity index (χ4v) is 5.42. The molecular formula is C22H27NO2. The van der Waals surface area contributed by atoms with Gasteiger partial charge in [0, 0.05) is 24.0 Å². The van der Waals surface area contributed by atoms with Crippen LogP contribution in [0.1, 0.15) is 61.6 Å². The van der Waals surface area contributed by atoms with Crippen molar-refractivity contribution >= 4 is 16.9 Å². The van der Waals surface area contributed by atoms with Crippen molar-refractivity contribution in [2.75, 3.05) is 13.1 Å². The van der Waals surface area contributed by atoms with Crippen LogP contribution >= 0.6 is 0 Å². The molecule has 2 fully saturated rings. The van der Waals surface area contributed by atoms with Gasteiger partial charge in [-0.2, -0.15) is 0 Å². The Labute approximate surface area is 149 Å². The molecule has 1 amide bonds. The first-order valence-corrected chi connectivity index (χ1v) is 10.0. The standard InChI is InChI=1S/C22H27NO2/c24-21(23-10-8-22(9-11-23)6-1-2-7-22)14-18-15-25-20-13-17-5-3-4-16(17)12-19(18)20/h12-13,15H,1-11,14H2. The molecule has 2 aliphatic carbocycles. The van der Waals surface area contributed by atoms with E-state index in [-0.39, 0.29) is 5.91 Å². The molecule has 3 aliphatic rings. The van der Waals surface area contributed by atoms with Crippen LogP contribution in [-0.4, -0.2) is 23.9 Å². The minimum absolute atomic E-state index is 0.274. The molecule has 132 valence electrons. The number of amides is 1. The van der Waals surface area contributed by atoms with Crippen molar-refractivity contribution in [3.63, 3.8) is 0 Å². The molecule has 1 aliphatic heterocycles. The molecule has 25 heavy (non-hydrogen) atoms. The summed E-state index contributed by atoms with van der Waals surface area (Å²) in [6.07, 6.45) is 13.8. The molecule has 0 bridgehead atoms. The second-order valence-corrected chi connectivity index (χ2v) is 8.50. The molecule has 1 aromatic carbocycles. The van der Waals surface area contributed by atoms with E-state index in [1.165, 1.54) is 56.1 Å². The average Bonchev–Trinajstić information content (AvgIpc) is 3.35. The first-order chi connectivity index (χ1) is 12.2. The first kappa shape index (κ1) is 15.5. The summed E-state index contributed by atoms with van der Waals surface area (Å²) in [6.45, 7) is 1.90. The van der Waals surface area contributed by atoms with E-state index in [4.69, 9.17) is 4.42 Å². The summed E-state index contributed by atoms with van der Waals surface area (Å²) in [6, 6.07) is 4.46. The van der Waals surface area contributed by atoms with Crippen LogP contribution in [0.15, 0.2) is 22.8 Å². The van der Waals surface area contributed by atoms with E-state index in [1.807, 2.05) is 0 Å². The molecule has 2 heterocycles. The Morgan fingerprint density at radius 1 is 1.00 bits per heavy atom. The highest BCUT2D eigenvalue weighted by Crippen LogP contribution is 2.46. The monoisotopic (exact) mass is 337 g/mol. The molecule has 0 N–H and O–H groups in total. The molecule has 0 radical (unpaired) electrons. The highest BCUT2D eigenvalue weighted by molar-refractivity contribution is 5.88. The largest absolute Gasteiger partial charge is 0.464 e. The molecule has 0 unspecified atom stereocenters. The van der Waals surface area contributed by atoms with Crippen LogP contribution in [0.2, 0.25) is 0 Å². The maximum Gasteiger partial charge on any atom is 0.227 e. The summed E-state index contributed by atoms with van der Waals surface area (Å²) in [5.74, 6) is 0.274. The Morgan fingerprint density at radius 3 is 2.48 bits per heavy atom. The average molecular weight is 337 g/mol. The molecule has 1 aromatic heterocycles. The van der Waals surface area contributed by atoms with Crippen LogP contribution in [0.5, 0.6) is 0 Å². The van der Waals surface area contributed by atoms with Crippen LogP contribution in [-0.2, 0) is 24.1 Å². The van der Waals surface area contributed by atoms with Gasteiger partial charge in [0.25, 0.3) is 0 Å². The van der Waals surface area contributed by atoms with Crippen molar-refractivity contribution in [2.45, 2.75) is 64.2 Å². The zero-order chi connectivity index (χ0) is 16.9. The summed E-state index contributed by atoms with van der Waals surface area (Å²) in [4.78, 5) is 14.9. The number of fused-ring (bicyclic) bond motifs is 2. The van der Waals surface area contributed by atoms with E-state index >= 15 is 0 Å². The van der Waals surface area contributed by atoms with Crippen molar-refractivity contribution in [3.05, 3.63) is 35.1 Å². The number of nitrogens with zero attached hydrogens (tertiary/aromatic N) is 1. The number of hydrogen-bond acceptors (Lipinski definition) is 2. The van der Waals surface area contributed by atoms with Gasteiger partial charge >= 0.3 is 0 Å². The van der Waals surface area contributed by atoms with Crippen LogP contribution in [0, 0.1) is 5.41 Å². The zero-order valence-electron chi connectivity index (χ0n) is 15.0. The molecular weight excluding hydrogens is 310 g/mol. The number of likely N-dealkylation sites (tertiary alicyclic amines) is 1. The number of carbonyl (C=O) groups excluding carboxylic acids is 1. The summed E-state index contributed by atoms with van der Waals surface area (Å²) >= 11 is 0. The van der Waals surface area contributed by atoms with Gasteiger partial charge in [0.2, 0.25) is 5.91 Å². The van der Waals surface area contributed by atoms with Gasteiger partial charge in [0.15, 0.2) is 0 Å². The van der Waals surface area contributed by atoms with E-state index in [2.05, 4.69) is 17.0 Å². The van der Waals surface area contributed by atoms with E-state index in [1.54, 1.807) is 6.26 Å².